The molecular formula is C12H17NS. The number of hydrogen-bond donors (Lipinski definition) is 1. The van der Waals surface area contributed by atoms with Gasteiger partial charge in [-0.05, 0) is 25.0 Å². The van der Waals surface area contributed by atoms with Gasteiger partial charge in [0.25, 0.3) is 0 Å². The van der Waals surface area contributed by atoms with Crippen molar-refractivity contribution < 1.29 is 0 Å². The fourth-order valence-electron chi connectivity index (χ4n) is 1.95. The van der Waals surface area contributed by atoms with Crippen LogP contribution in [-0.4, -0.2) is 11.3 Å². The van der Waals surface area contributed by atoms with Gasteiger partial charge in [0.15, 0.2) is 0 Å². The summed E-state index contributed by atoms with van der Waals surface area (Å²) in [6, 6.07) is 11.0. The van der Waals surface area contributed by atoms with E-state index >= 15 is 0 Å². The third-order valence-electron chi connectivity index (χ3n) is 2.78. The SMILES string of the molecule is N[C@H]1CCCC[C@@H]1Sc1ccccc1. The first-order chi connectivity index (χ1) is 6.86. The number of nitrogens with two attached hydrogens (primary N) is 1. The normalized spacial score (nSPS) is 27.5. The number of thioether (sulfide) groups is 1. The van der Waals surface area contributed by atoms with E-state index in [9.17, 15) is 0 Å². The molecule has 0 heterocycles. The van der Waals surface area contributed by atoms with Crippen molar-refractivity contribution in [3.8, 4) is 0 Å². The molecule has 1 nitrogen and oxygen atoms in total. The van der Waals surface area contributed by atoms with Crippen molar-refractivity contribution in [1.29, 1.82) is 0 Å². The molecular weight excluding hydrogens is 190 g/mol. The third-order valence-corrected chi connectivity index (χ3v) is 4.22. The van der Waals surface area contributed by atoms with Gasteiger partial charge in [0, 0.05) is 16.2 Å². The van der Waals surface area contributed by atoms with Gasteiger partial charge in [-0.1, -0.05) is 31.0 Å². The van der Waals surface area contributed by atoms with Crippen molar-refractivity contribution in [2.45, 2.75) is 41.9 Å². The van der Waals surface area contributed by atoms with Crippen molar-refractivity contribution in [3.63, 3.8) is 0 Å². The molecule has 0 saturated heterocycles. The van der Waals surface area contributed by atoms with Crippen molar-refractivity contribution in [2.75, 3.05) is 0 Å². The zero-order chi connectivity index (χ0) is 9.80. The molecule has 1 aliphatic carbocycles. The monoisotopic (exact) mass is 207 g/mol. The molecule has 0 aliphatic heterocycles. The molecule has 0 unspecified atom stereocenters. The van der Waals surface area contributed by atoms with Gasteiger partial charge in [0.1, 0.15) is 0 Å². The van der Waals surface area contributed by atoms with Crippen molar-refractivity contribution >= 4 is 11.8 Å². The number of hydrogen-bond acceptors (Lipinski definition) is 2. The summed E-state index contributed by atoms with van der Waals surface area (Å²) < 4.78 is 0. The highest BCUT2D eigenvalue weighted by molar-refractivity contribution is 8.00. The molecule has 1 aromatic rings. The lowest BCUT2D eigenvalue weighted by Crippen LogP contribution is -2.35. The minimum atomic E-state index is 0.397. The molecule has 2 rings (SSSR count). The molecule has 1 fully saturated rings. The zero-order valence-corrected chi connectivity index (χ0v) is 9.17. The Balaban J connectivity index is 1.96. The Kier molecular flexibility index (Phi) is 3.49. The van der Waals surface area contributed by atoms with Crippen LogP contribution in [0.1, 0.15) is 25.7 Å². The molecule has 0 aromatic heterocycles. The highest BCUT2D eigenvalue weighted by Crippen LogP contribution is 2.32. The summed E-state index contributed by atoms with van der Waals surface area (Å²) in [6.45, 7) is 0. The summed E-state index contributed by atoms with van der Waals surface area (Å²) in [5.41, 5.74) is 6.11. The summed E-state index contributed by atoms with van der Waals surface area (Å²) in [5, 5.41) is 0.631. The van der Waals surface area contributed by atoms with Gasteiger partial charge in [0.2, 0.25) is 0 Å². The number of rotatable bonds is 2. The predicted molar refractivity (Wildman–Crippen MR) is 62.5 cm³/mol. The molecule has 1 aliphatic rings. The van der Waals surface area contributed by atoms with Crippen LogP contribution in [0, 0.1) is 0 Å². The van der Waals surface area contributed by atoms with Gasteiger partial charge in [-0.25, -0.2) is 0 Å². The smallest absolute Gasteiger partial charge is 0.0246 e. The largest absolute Gasteiger partial charge is 0.327 e. The van der Waals surface area contributed by atoms with E-state index < -0.39 is 0 Å². The lowest BCUT2D eigenvalue weighted by molar-refractivity contribution is 0.453. The standard InChI is InChI=1S/C12H17NS/c13-11-8-4-5-9-12(11)14-10-6-2-1-3-7-10/h1-3,6-7,11-12H,4-5,8-9,13H2/t11-,12-/m0/s1. The fraction of sp³-hybridized carbons (Fsp3) is 0.500. The maximum absolute atomic E-state index is 6.11. The number of benzene rings is 1. The second-order valence-electron chi connectivity index (χ2n) is 3.92. The van der Waals surface area contributed by atoms with Gasteiger partial charge in [-0.3, -0.25) is 0 Å². The van der Waals surface area contributed by atoms with Crippen molar-refractivity contribution in [2.24, 2.45) is 5.73 Å². The maximum atomic E-state index is 6.11. The summed E-state index contributed by atoms with van der Waals surface area (Å²) in [4.78, 5) is 1.36. The topological polar surface area (TPSA) is 26.0 Å². The first kappa shape index (κ1) is 10.1. The van der Waals surface area contributed by atoms with E-state index in [1.165, 1.54) is 30.6 Å². The molecule has 2 heteroatoms. The highest BCUT2D eigenvalue weighted by Gasteiger charge is 2.22. The van der Waals surface area contributed by atoms with Crippen molar-refractivity contribution in [3.05, 3.63) is 30.3 Å². The predicted octanol–water partition coefficient (Wildman–Crippen LogP) is 3.05. The van der Waals surface area contributed by atoms with Crippen molar-refractivity contribution in [1.82, 2.24) is 0 Å². The second kappa shape index (κ2) is 4.85. The van der Waals surface area contributed by atoms with E-state index in [1.54, 1.807) is 0 Å². The molecule has 0 bridgehead atoms. The van der Waals surface area contributed by atoms with Crippen LogP contribution in [0.2, 0.25) is 0 Å². The Bertz CT molecular complexity index is 273. The van der Waals surface area contributed by atoms with Crippen LogP contribution in [0.4, 0.5) is 0 Å². The van der Waals surface area contributed by atoms with Gasteiger partial charge in [0.05, 0.1) is 0 Å². The van der Waals surface area contributed by atoms with Gasteiger partial charge >= 0.3 is 0 Å². The Hall–Kier alpha value is -0.470. The Morgan fingerprint density at radius 3 is 2.50 bits per heavy atom. The molecule has 14 heavy (non-hydrogen) atoms. The Morgan fingerprint density at radius 2 is 1.79 bits per heavy atom. The molecule has 0 radical (unpaired) electrons. The molecule has 0 spiro atoms. The fourth-order valence-corrected chi connectivity index (χ4v) is 3.20. The van der Waals surface area contributed by atoms with E-state index in [-0.39, 0.29) is 0 Å². The quantitative estimate of drug-likeness (QED) is 0.806. The molecule has 76 valence electrons. The van der Waals surface area contributed by atoms with Crippen LogP contribution in [-0.2, 0) is 0 Å². The van der Waals surface area contributed by atoms with Crippen LogP contribution in [0.5, 0.6) is 0 Å². The van der Waals surface area contributed by atoms with Gasteiger partial charge < -0.3 is 5.73 Å². The molecule has 2 atom stereocenters. The third kappa shape index (κ3) is 2.52. The van der Waals surface area contributed by atoms with Gasteiger partial charge in [-0.15, -0.1) is 11.8 Å². The molecule has 1 saturated carbocycles. The first-order valence-electron chi connectivity index (χ1n) is 5.33. The van der Waals surface area contributed by atoms with E-state index in [4.69, 9.17) is 5.73 Å². The average molecular weight is 207 g/mol. The minimum Gasteiger partial charge on any atom is -0.327 e. The van der Waals surface area contributed by atoms with E-state index in [0.29, 0.717) is 11.3 Å². The molecule has 1 aromatic carbocycles. The molecule has 0 amide bonds. The molecule has 2 N–H and O–H groups in total. The van der Waals surface area contributed by atoms with E-state index in [0.717, 1.165) is 0 Å². The van der Waals surface area contributed by atoms with Crippen LogP contribution < -0.4 is 5.73 Å². The first-order valence-corrected chi connectivity index (χ1v) is 6.21. The van der Waals surface area contributed by atoms with Crippen LogP contribution >= 0.6 is 11.8 Å². The Labute approximate surface area is 90.1 Å². The minimum absolute atomic E-state index is 0.397. The zero-order valence-electron chi connectivity index (χ0n) is 8.36. The lowest BCUT2D eigenvalue weighted by Gasteiger charge is -2.27. The van der Waals surface area contributed by atoms with Crippen LogP contribution in [0.25, 0.3) is 0 Å². The average Bonchev–Trinajstić information content (AvgIpc) is 2.23. The maximum Gasteiger partial charge on any atom is 0.0246 e. The summed E-state index contributed by atoms with van der Waals surface area (Å²) in [7, 11) is 0. The summed E-state index contributed by atoms with van der Waals surface area (Å²) in [5.74, 6) is 0. The van der Waals surface area contributed by atoms with Crippen LogP contribution in [0.15, 0.2) is 35.2 Å². The highest BCUT2D eigenvalue weighted by atomic mass is 32.2. The van der Waals surface area contributed by atoms with Gasteiger partial charge in [-0.2, -0.15) is 0 Å². The summed E-state index contributed by atoms with van der Waals surface area (Å²) >= 11 is 1.95. The Morgan fingerprint density at radius 1 is 1.07 bits per heavy atom. The lowest BCUT2D eigenvalue weighted by atomic mass is 9.96. The van der Waals surface area contributed by atoms with E-state index in [2.05, 4.69) is 30.3 Å². The van der Waals surface area contributed by atoms with E-state index in [1.807, 2.05) is 11.8 Å². The summed E-state index contributed by atoms with van der Waals surface area (Å²) in [6.07, 6.45) is 5.14. The van der Waals surface area contributed by atoms with Crippen LogP contribution in [0.3, 0.4) is 0 Å². The second-order valence-corrected chi connectivity index (χ2v) is 5.23.